The van der Waals surface area contributed by atoms with E-state index in [9.17, 15) is 0 Å². The summed E-state index contributed by atoms with van der Waals surface area (Å²) in [6, 6.07) is 3.65. The first-order valence-corrected chi connectivity index (χ1v) is 7.69. The van der Waals surface area contributed by atoms with Crippen LogP contribution in [0.4, 0.5) is 0 Å². The monoisotopic (exact) mass is 398 g/mol. The lowest BCUT2D eigenvalue weighted by atomic mass is 10.1. The molecule has 0 bridgehead atoms. The molecule has 2 rings (SSSR count). The third kappa shape index (κ3) is 3.05. The highest BCUT2D eigenvalue weighted by molar-refractivity contribution is 6.56. The van der Waals surface area contributed by atoms with E-state index in [1.54, 1.807) is 6.07 Å². The Kier molecular flexibility index (Phi) is 5.48. The van der Waals surface area contributed by atoms with Crippen molar-refractivity contribution >= 4 is 69.6 Å². The standard InChI is InChI=1S/C13H4Cl6N2/c14-7-5(1-3-20)2-4-21-13(7)6-8(15)10(17)12(19)11(18)9(6)16/h2,4H,1H2. The van der Waals surface area contributed by atoms with Crippen molar-refractivity contribution in [3.8, 4) is 17.3 Å². The highest BCUT2D eigenvalue weighted by Gasteiger charge is 2.23. The second-order valence-corrected chi connectivity index (χ2v) is 6.18. The molecule has 0 N–H and O–H groups in total. The molecular formula is C13H4Cl6N2. The van der Waals surface area contributed by atoms with Gasteiger partial charge in [-0.1, -0.05) is 69.6 Å². The number of rotatable bonds is 2. The van der Waals surface area contributed by atoms with Crippen LogP contribution in [0, 0.1) is 11.3 Å². The Bertz CT molecular complexity index is 737. The molecule has 1 aromatic carbocycles. The third-order valence-corrected chi connectivity index (χ3v) is 5.38. The van der Waals surface area contributed by atoms with Crippen molar-refractivity contribution in [3.63, 3.8) is 0 Å². The van der Waals surface area contributed by atoms with Crippen LogP contribution >= 0.6 is 69.6 Å². The van der Waals surface area contributed by atoms with E-state index >= 15 is 0 Å². The lowest BCUT2D eigenvalue weighted by Crippen LogP contribution is -1.94. The van der Waals surface area contributed by atoms with Crippen LogP contribution < -0.4 is 0 Å². The van der Waals surface area contributed by atoms with E-state index in [0.29, 0.717) is 11.3 Å². The summed E-state index contributed by atoms with van der Waals surface area (Å²) in [5.74, 6) is 0. The van der Waals surface area contributed by atoms with Gasteiger partial charge in [-0.15, -0.1) is 0 Å². The summed E-state index contributed by atoms with van der Waals surface area (Å²) in [5.41, 5.74) is 1.17. The van der Waals surface area contributed by atoms with Crippen LogP contribution in [-0.2, 0) is 6.42 Å². The molecule has 0 radical (unpaired) electrons. The summed E-state index contributed by atoms with van der Waals surface area (Å²) < 4.78 is 0. The van der Waals surface area contributed by atoms with Gasteiger partial charge in [0.05, 0.1) is 48.3 Å². The van der Waals surface area contributed by atoms with Crippen LogP contribution in [0.25, 0.3) is 11.3 Å². The third-order valence-electron chi connectivity index (χ3n) is 2.69. The van der Waals surface area contributed by atoms with Crippen molar-refractivity contribution in [2.75, 3.05) is 0 Å². The minimum atomic E-state index is 0.0568. The van der Waals surface area contributed by atoms with Gasteiger partial charge in [0, 0.05) is 11.8 Å². The van der Waals surface area contributed by atoms with Crippen LogP contribution in [-0.4, -0.2) is 4.98 Å². The molecule has 0 saturated heterocycles. The van der Waals surface area contributed by atoms with E-state index in [2.05, 4.69) is 4.98 Å². The zero-order chi connectivity index (χ0) is 15.7. The average Bonchev–Trinajstić information content (AvgIpc) is 2.47. The summed E-state index contributed by atoms with van der Waals surface area (Å²) >= 11 is 36.6. The molecule has 2 aromatic rings. The summed E-state index contributed by atoms with van der Waals surface area (Å²) in [7, 11) is 0. The first-order valence-electron chi connectivity index (χ1n) is 5.42. The number of nitrogens with zero attached hydrogens (tertiary/aromatic N) is 2. The van der Waals surface area contributed by atoms with Crippen molar-refractivity contribution in [2.45, 2.75) is 6.42 Å². The Balaban J connectivity index is 2.81. The molecule has 21 heavy (non-hydrogen) atoms. The van der Waals surface area contributed by atoms with Crippen LogP contribution in [0.15, 0.2) is 12.3 Å². The van der Waals surface area contributed by atoms with Crippen LogP contribution in [0.5, 0.6) is 0 Å². The maximum absolute atomic E-state index is 8.80. The van der Waals surface area contributed by atoms with Gasteiger partial charge < -0.3 is 0 Å². The highest BCUT2D eigenvalue weighted by Crippen LogP contribution is 2.49. The maximum atomic E-state index is 8.80. The van der Waals surface area contributed by atoms with Crippen LogP contribution in [0.2, 0.25) is 30.1 Å². The van der Waals surface area contributed by atoms with Gasteiger partial charge in [0.25, 0.3) is 0 Å². The average molecular weight is 401 g/mol. The molecule has 0 spiro atoms. The molecule has 0 aliphatic heterocycles. The van der Waals surface area contributed by atoms with Gasteiger partial charge in [-0.05, 0) is 11.6 Å². The second kappa shape index (κ2) is 6.79. The van der Waals surface area contributed by atoms with Gasteiger partial charge in [-0.2, -0.15) is 5.26 Å². The van der Waals surface area contributed by atoms with Crippen molar-refractivity contribution < 1.29 is 0 Å². The zero-order valence-electron chi connectivity index (χ0n) is 10.0. The molecule has 0 atom stereocenters. The minimum absolute atomic E-state index is 0.0568. The molecule has 0 fully saturated rings. The van der Waals surface area contributed by atoms with Crippen molar-refractivity contribution in [1.82, 2.24) is 4.98 Å². The number of pyridine rings is 1. The SMILES string of the molecule is N#CCc1ccnc(-c2c(Cl)c(Cl)c(Cl)c(Cl)c2Cl)c1Cl. The quantitative estimate of drug-likeness (QED) is 0.413. The zero-order valence-corrected chi connectivity index (χ0v) is 14.6. The first-order chi connectivity index (χ1) is 9.90. The van der Waals surface area contributed by atoms with E-state index in [4.69, 9.17) is 74.9 Å². The van der Waals surface area contributed by atoms with Gasteiger partial charge in [-0.25, -0.2) is 0 Å². The minimum Gasteiger partial charge on any atom is -0.255 e. The van der Waals surface area contributed by atoms with Crippen LogP contribution in [0.3, 0.4) is 0 Å². The van der Waals surface area contributed by atoms with E-state index in [-0.39, 0.29) is 42.1 Å². The molecule has 0 amide bonds. The first kappa shape index (κ1) is 17.0. The summed E-state index contributed by atoms with van der Waals surface area (Å²) in [4.78, 5) is 4.15. The summed E-state index contributed by atoms with van der Waals surface area (Å²) in [6.45, 7) is 0. The topological polar surface area (TPSA) is 36.7 Å². The maximum Gasteiger partial charge on any atom is 0.0922 e. The van der Waals surface area contributed by atoms with Crippen molar-refractivity contribution in [1.29, 1.82) is 5.26 Å². The van der Waals surface area contributed by atoms with Gasteiger partial charge in [0.1, 0.15) is 0 Å². The fourth-order valence-corrected chi connectivity index (χ4v) is 3.28. The van der Waals surface area contributed by atoms with Gasteiger partial charge in [0.15, 0.2) is 0 Å². The molecular weight excluding hydrogens is 397 g/mol. The van der Waals surface area contributed by atoms with E-state index in [0.717, 1.165) is 0 Å². The Morgan fingerprint density at radius 3 is 1.90 bits per heavy atom. The number of nitriles is 1. The molecule has 0 aliphatic rings. The van der Waals surface area contributed by atoms with Crippen molar-refractivity contribution in [3.05, 3.63) is 48.0 Å². The number of aromatic nitrogens is 1. The van der Waals surface area contributed by atoms with Gasteiger partial charge in [0.2, 0.25) is 0 Å². The van der Waals surface area contributed by atoms with Gasteiger partial charge >= 0.3 is 0 Å². The van der Waals surface area contributed by atoms with Crippen molar-refractivity contribution in [2.24, 2.45) is 0 Å². The predicted octanol–water partition coefficient (Wildman–Crippen LogP) is 6.74. The molecule has 0 saturated carbocycles. The fraction of sp³-hybridized carbons (Fsp3) is 0.0769. The molecule has 1 aromatic heterocycles. The Hall–Kier alpha value is -0.400. The smallest absolute Gasteiger partial charge is 0.0922 e. The number of halogens is 6. The fourth-order valence-electron chi connectivity index (χ4n) is 1.69. The lowest BCUT2D eigenvalue weighted by molar-refractivity contribution is 1.21. The second-order valence-electron chi connectivity index (χ2n) is 3.91. The Labute approximate surface area is 151 Å². The molecule has 108 valence electrons. The molecule has 0 unspecified atom stereocenters. The Morgan fingerprint density at radius 1 is 0.857 bits per heavy atom. The predicted molar refractivity (Wildman–Crippen MR) is 89.0 cm³/mol. The van der Waals surface area contributed by atoms with E-state index < -0.39 is 0 Å². The molecule has 8 heteroatoms. The highest BCUT2D eigenvalue weighted by atomic mass is 35.5. The number of benzene rings is 1. The summed E-state index contributed by atoms with van der Waals surface area (Å²) in [6.07, 6.45) is 1.62. The largest absolute Gasteiger partial charge is 0.255 e. The van der Waals surface area contributed by atoms with E-state index in [1.807, 2.05) is 6.07 Å². The Morgan fingerprint density at radius 2 is 1.38 bits per heavy atom. The summed E-state index contributed by atoms with van der Waals surface area (Å²) in [5, 5.41) is 9.43. The van der Waals surface area contributed by atoms with E-state index in [1.165, 1.54) is 6.20 Å². The number of hydrogen-bond acceptors (Lipinski definition) is 2. The lowest BCUT2D eigenvalue weighted by Gasteiger charge is -2.14. The molecule has 0 aliphatic carbocycles. The molecule has 2 nitrogen and oxygen atoms in total. The molecule has 1 heterocycles. The normalized spacial score (nSPS) is 10.5. The van der Waals surface area contributed by atoms with Gasteiger partial charge in [-0.3, -0.25) is 4.98 Å². The van der Waals surface area contributed by atoms with Crippen LogP contribution in [0.1, 0.15) is 5.56 Å². The number of hydrogen-bond donors (Lipinski definition) is 0.